The molecule has 1 atom stereocenters. The van der Waals surface area contributed by atoms with Crippen LogP contribution in [0, 0.1) is 0 Å². The molecule has 212 valence electrons. The van der Waals surface area contributed by atoms with Crippen molar-refractivity contribution in [1.29, 1.82) is 0 Å². The Morgan fingerprint density at radius 2 is 1.52 bits per heavy atom. The molecule has 1 N–H and O–H groups in total. The Hall–Kier alpha value is -2.78. The van der Waals surface area contributed by atoms with E-state index in [9.17, 15) is 18.0 Å². The molecule has 0 radical (unpaired) electrons. The van der Waals surface area contributed by atoms with Crippen LogP contribution < -0.4 is 9.62 Å². The van der Waals surface area contributed by atoms with Crippen LogP contribution in [0.4, 0.5) is 5.69 Å². The molecule has 2 amide bonds. The van der Waals surface area contributed by atoms with E-state index in [2.05, 4.69) is 5.32 Å². The maximum atomic E-state index is 14.0. The number of nitrogens with one attached hydrogen (secondary N) is 1. The molecule has 1 aliphatic carbocycles. The molecule has 0 bridgehead atoms. The van der Waals surface area contributed by atoms with E-state index in [1.165, 1.54) is 35.2 Å². The highest BCUT2D eigenvalue weighted by Crippen LogP contribution is 2.30. The number of carbonyl (C=O) groups excluding carboxylic acids is 2. The largest absolute Gasteiger partial charge is 0.352 e. The highest BCUT2D eigenvalue weighted by Gasteiger charge is 2.33. The molecule has 7 nitrogen and oxygen atoms in total. The Balaban J connectivity index is 1.71. The van der Waals surface area contributed by atoms with Crippen LogP contribution in [-0.4, -0.2) is 43.8 Å². The van der Waals surface area contributed by atoms with Crippen molar-refractivity contribution in [3.63, 3.8) is 0 Å². The SMILES string of the molecule is C[C@@H](C(=O)NC1CCCC1)N(Cc1ccccc1Cl)C(=O)CN(c1cc(Cl)cc(Cl)c1)S(=O)(=O)c1ccccc1. The topological polar surface area (TPSA) is 86.8 Å². The first-order chi connectivity index (χ1) is 19.1. The second-order valence-corrected chi connectivity index (χ2v) is 12.9. The third-order valence-corrected chi connectivity index (χ3v) is 9.51. The molecule has 0 aliphatic heterocycles. The maximum absolute atomic E-state index is 14.0. The fraction of sp³-hybridized carbons (Fsp3) is 0.310. The normalized spacial score (nSPS) is 14.5. The molecule has 3 aromatic carbocycles. The van der Waals surface area contributed by atoms with Gasteiger partial charge in [-0.25, -0.2) is 8.42 Å². The summed E-state index contributed by atoms with van der Waals surface area (Å²) in [5.41, 5.74) is 0.747. The average Bonchev–Trinajstić information content (AvgIpc) is 3.43. The average molecular weight is 623 g/mol. The summed E-state index contributed by atoms with van der Waals surface area (Å²) < 4.78 is 28.6. The molecule has 1 saturated carbocycles. The van der Waals surface area contributed by atoms with Gasteiger partial charge in [0.05, 0.1) is 10.6 Å². The lowest BCUT2D eigenvalue weighted by Crippen LogP contribution is -2.52. The summed E-state index contributed by atoms with van der Waals surface area (Å²) in [7, 11) is -4.22. The Morgan fingerprint density at radius 1 is 0.925 bits per heavy atom. The van der Waals surface area contributed by atoms with Crippen molar-refractivity contribution in [2.75, 3.05) is 10.8 Å². The number of nitrogens with zero attached hydrogens (tertiary/aromatic N) is 2. The highest BCUT2D eigenvalue weighted by molar-refractivity contribution is 7.92. The summed E-state index contributed by atoms with van der Waals surface area (Å²) in [6.45, 7) is 1.04. The predicted octanol–water partition coefficient (Wildman–Crippen LogP) is 6.32. The first kappa shape index (κ1) is 30.2. The Morgan fingerprint density at radius 3 is 2.15 bits per heavy atom. The zero-order valence-corrected chi connectivity index (χ0v) is 25.0. The van der Waals surface area contributed by atoms with Gasteiger partial charge in [-0.3, -0.25) is 13.9 Å². The van der Waals surface area contributed by atoms with Gasteiger partial charge in [0.2, 0.25) is 11.8 Å². The van der Waals surface area contributed by atoms with Crippen molar-refractivity contribution < 1.29 is 18.0 Å². The van der Waals surface area contributed by atoms with E-state index in [1.54, 1.807) is 49.4 Å². The number of halogens is 3. The van der Waals surface area contributed by atoms with E-state index in [1.807, 2.05) is 0 Å². The number of hydrogen-bond donors (Lipinski definition) is 1. The second-order valence-electron chi connectivity index (χ2n) is 9.73. The number of benzene rings is 3. The van der Waals surface area contributed by atoms with Gasteiger partial charge in [-0.2, -0.15) is 0 Å². The Labute approximate surface area is 250 Å². The number of carbonyl (C=O) groups is 2. The molecule has 0 heterocycles. The lowest BCUT2D eigenvalue weighted by atomic mass is 10.1. The number of hydrogen-bond acceptors (Lipinski definition) is 4. The third kappa shape index (κ3) is 7.29. The highest BCUT2D eigenvalue weighted by atomic mass is 35.5. The summed E-state index contributed by atoms with van der Waals surface area (Å²) in [5.74, 6) is -0.903. The van der Waals surface area contributed by atoms with E-state index in [4.69, 9.17) is 34.8 Å². The summed E-state index contributed by atoms with van der Waals surface area (Å²) >= 11 is 18.8. The third-order valence-electron chi connectivity index (χ3n) is 6.91. The molecule has 3 aromatic rings. The lowest BCUT2D eigenvalue weighted by Gasteiger charge is -2.32. The summed E-state index contributed by atoms with van der Waals surface area (Å²) in [6.07, 6.45) is 3.84. The Bertz CT molecular complexity index is 1440. The first-order valence-electron chi connectivity index (χ1n) is 12.9. The van der Waals surface area contributed by atoms with Crippen LogP contribution in [0.5, 0.6) is 0 Å². The molecular formula is C29H30Cl3N3O4S. The van der Waals surface area contributed by atoms with Gasteiger partial charge in [0.25, 0.3) is 10.0 Å². The molecule has 0 saturated heterocycles. The Kier molecular flexibility index (Phi) is 10.0. The summed E-state index contributed by atoms with van der Waals surface area (Å²) in [4.78, 5) is 28.6. The van der Waals surface area contributed by atoms with Gasteiger partial charge in [0, 0.05) is 27.7 Å². The van der Waals surface area contributed by atoms with Crippen molar-refractivity contribution in [2.45, 2.75) is 56.1 Å². The zero-order valence-electron chi connectivity index (χ0n) is 21.9. The molecule has 0 unspecified atom stereocenters. The van der Waals surface area contributed by atoms with Gasteiger partial charge in [0.1, 0.15) is 12.6 Å². The second kappa shape index (κ2) is 13.3. The molecule has 0 spiro atoms. The first-order valence-corrected chi connectivity index (χ1v) is 15.5. The van der Waals surface area contributed by atoms with Crippen molar-refractivity contribution in [2.24, 2.45) is 0 Å². The van der Waals surface area contributed by atoms with Gasteiger partial charge < -0.3 is 10.2 Å². The molecule has 4 rings (SSSR count). The van der Waals surface area contributed by atoms with Crippen molar-refractivity contribution in [3.8, 4) is 0 Å². The minimum Gasteiger partial charge on any atom is -0.352 e. The fourth-order valence-electron chi connectivity index (χ4n) is 4.72. The van der Waals surface area contributed by atoms with Crippen LogP contribution in [0.15, 0.2) is 77.7 Å². The monoisotopic (exact) mass is 621 g/mol. The van der Waals surface area contributed by atoms with Gasteiger partial charge >= 0.3 is 0 Å². The van der Waals surface area contributed by atoms with Crippen LogP contribution in [0.2, 0.25) is 15.1 Å². The number of sulfonamides is 1. The molecule has 1 fully saturated rings. The minimum absolute atomic E-state index is 0.00723. The standard InChI is InChI=1S/C29H30Cl3N3O4S/c1-20(29(37)33-24-10-6-7-11-24)34(18-21-9-5-8-14-27(21)32)28(36)19-35(25-16-22(30)15-23(31)17-25)40(38,39)26-12-3-2-4-13-26/h2-5,8-9,12-17,20,24H,6-7,10-11,18-19H2,1H3,(H,33,37)/t20-/m0/s1. The smallest absolute Gasteiger partial charge is 0.264 e. The van der Waals surface area contributed by atoms with Crippen LogP contribution in [-0.2, 0) is 26.2 Å². The molecule has 1 aliphatic rings. The molecule has 0 aromatic heterocycles. The van der Waals surface area contributed by atoms with Crippen LogP contribution >= 0.6 is 34.8 Å². The van der Waals surface area contributed by atoms with Crippen molar-refractivity contribution >= 4 is 62.3 Å². The molecule has 11 heteroatoms. The van der Waals surface area contributed by atoms with Crippen molar-refractivity contribution in [3.05, 3.63) is 93.4 Å². The van der Waals surface area contributed by atoms with Crippen LogP contribution in [0.1, 0.15) is 38.2 Å². The number of anilines is 1. The van der Waals surface area contributed by atoms with Crippen molar-refractivity contribution in [1.82, 2.24) is 10.2 Å². The number of rotatable bonds is 10. The van der Waals surface area contributed by atoms with E-state index >= 15 is 0 Å². The predicted molar refractivity (Wildman–Crippen MR) is 159 cm³/mol. The summed E-state index contributed by atoms with van der Waals surface area (Å²) in [5, 5.41) is 3.89. The number of amides is 2. The van der Waals surface area contributed by atoms with Gasteiger partial charge in [-0.1, -0.05) is 84.0 Å². The van der Waals surface area contributed by atoms with Gasteiger partial charge in [0.15, 0.2) is 0 Å². The maximum Gasteiger partial charge on any atom is 0.264 e. The fourth-order valence-corrected chi connectivity index (χ4v) is 6.85. The van der Waals surface area contributed by atoms with Gasteiger partial charge in [-0.05, 0) is 61.7 Å². The van der Waals surface area contributed by atoms with E-state index in [0.29, 0.717) is 10.6 Å². The summed E-state index contributed by atoms with van der Waals surface area (Å²) in [6, 6.07) is 18.3. The van der Waals surface area contributed by atoms with E-state index in [-0.39, 0.29) is 39.1 Å². The molecule has 40 heavy (non-hydrogen) atoms. The quantitative estimate of drug-likeness (QED) is 0.287. The zero-order chi connectivity index (χ0) is 28.9. The van der Waals surface area contributed by atoms with E-state index < -0.39 is 28.5 Å². The van der Waals surface area contributed by atoms with E-state index in [0.717, 1.165) is 30.0 Å². The van der Waals surface area contributed by atoms with Gasteiger partial charge in [-0.15, -0.1) is 0 Å². The van der Waals surface area contributed by atoms with Crippen LogP contribution in [0.3, 0.4) is 0 Å². The van der Waals surface area contributed by atoms with Crippen LogP contribution in [0.25, 0.3) is 0 Å². The molecular weight excluding hydrogens is 593 g/mol. The lowest BCUT2D eigenvalue weighted by molar-refractivity contribution is -0.139. The minimum atomic E-state index is -4.22.